The minimum absolute atomic E-state index is 0.0419. The Bertz CT molecular complexity index is 1400. The molecule has 37 heavy (non-hydrogen) atoms. The van der Waals surface area contributed by atoms with Crippen molar-refractivity contribution in [1.82, 2.24) is 21.0 Å². The summed E-state index contributed by atoms with van der Waals surface area (Å²) in [4.78, 5) is 4.51. The number of pyridine rings is 1. The molecule has 7 rings (SSSR count). The Morgan fingerprint density at radius 3 is 2.62 bits per heavy atom. The normalized spacial score (nSPS) is 22.8. The molecule has 0 amide bonds. The van der Waals surface area contributed by atoms with Crippen LogP contribution in [0.25, 0.3) is 10.9 Å². The molecule has 0 radical (unpaired) electrons. The van der Waals surface area contributed by atoms with E-state index < -0.39 is 0 Å². The quantitative estimate of drug-likeness (QED) is 0.304. The van der Waals surface area contributed by atoms with E-state index in [0.717, 1.165) is 33.9 Å². The maximum Gasteiger partial charge on any atom is 0.103 e. The molecule has 0 spiro atoms. The predicted molar refractivity (Wildman–Crippen MR) is 148 cm³/mol. The van der Waals surface area contributed by atoms with E-state index in [9.17, 15) is 5.26 Å². The number of hydrogen-bond acceptors (Lipinski definition) is 7. The van der Waals surface area contributed by atoms with Crippen molar-refractivity contribution in [1.29, 1.82) is 5.26 Å². The molecule has 0 unspecified atom stereocenters. The number of fused-ring (bicyclic) bond motifs is 1. The largest absolute Gasteiger partial charge is 0.383 e. The van der Waals surface area contributed by atoms with E-state index in [-0.39, 0.29) is 17.0 Å². The summed E-state index contributed by atoms with van der Waals surface area (Å²) in [5.74, 6) is 0.898. The summed E-state index contributed by atoms with van der Waals surface area (Å²) in [6.07, 6.45) is 7.57. The Hall–Kier alpha value is -3.47. The molecule has 3 aromatic rings. The molecule has 2 heterocycles. The molecule has 1 atom stereocenters. The summed E-state index contributed by atoms with van der Waals surface area (Å²) in [5, 5.41) is 20.6. The second kappa shape index (κ2) is 8.83. The number of hydrazine groups is 2. The molecule has 2 aromatic carbocycles. The zero-order chi connectivity index (χ0) is 25.8. The summed E-state index contributed by atoms with van der Waals surface area (Å²) in [5.41, 5.74) is 12.1. The zero-order valence-electron chi connectivity index (χ0n) is 21.4. The highest BCUT2D eigenvalue weighted by Crippen LogP contribution is 2.60. The molecule has 7 nitrogen and oxygen atoms in total. The molecule has 4 N–H and O–H groups in total. The van der Waals surface area contributed by atoms with Crippen LogP contribution in [0.4, 0.5) is 11.4 Å². The molecule has 3 saturated carbocycles. The first-order valence-corrected chi connectivity index (χ1v) is 13.2. The van der Waals surface area contributed by atoms with Crippen LogP contribution < -0.4 is 21.6 Å². The van der Waals surface area contributed by atoms with Crippen LogP contribution in [-0.2, 0) is 0 Å². The van der Waals surface area contributed by atoms with Gasteiger partial charge >= 0.3 is 0 Å². The van der Waals surface area contributed by atoms with Gasteiger partial charge in [0.25, 0.3) is 0 Å². The first-order valence-electron chi connectivity index (χ1n) is 12.9. The molecule has 3 fully saturated rings. The summed E-state index contributed by atoms with van der Waals surface area (Å²) < 4.78 is 0. The monoisotopic (exact) mass is 513 g/mol. The highest BCUT2D eigenvalue weighted by molar-refractivity contribution is 6.35. The molecule has 8 heteroatoms. The van der Waals surface area contributed by atoms with Crippen molar-refractivity contribution in [3.05, 3.63) is 76.7 Å². The van der Waals surface area contributed by atoms with E-state index >= 15 is 0 Å². The standard InChI is InChI=1S/C29H32ClN7/c1-28(2,3)17-33-25-20(14-31)15-32-27-22(25)9-21(10-23(27)30)34-26(19-7-5-4-6-8-19)24-16-37(36-35-24)29-11-18(12-29)13-29/h4-10,15-16,18,26,34-36H,11-13,17H2,1-3H3,(H,32,33)/t18?,26-,29?/m0/s1. The Morgan fingerprint density at radius 1 is 1.22 bits per heavy atom. The van der Waals surface area contributed by atoms with Gasteiger partial charge in [0.1, 0.15) is 6.07 Å². The van der Waals surface area contributed by atoms with E-state index in [4.69, 9.17) is 11.6 Å². The maximum absolute atomic E-state index is 9.80. The van der Waals surface area contributed by atoms with Gasteiger partial charge in [0.2, 0.25) is 0 Å². The average Bonchev–Trinajstić information content (AvgIpc) is 3.28. The van der Waals surface area contributed by atoms with Gasteiger partial charge in [0, 0.05) is 30.0 Å². The van der Waals surface area contributed by atoms with Gasteiger partial charge in [-0.3, -0.25) is 9.99 Å². The second-order valence-electron chi connectivity index (χ2n) is 11.8. The molecular weight excluding hydrogens is 482 g/mol. The minimum Gasteiger partial charge on any atom is -0.383 e. The van der Waals surface area contributed by atoms with Crippen LogP contribution in [0, 0.1) is 22.7 Å². The molecule has 3 aliphatic carbocycles. The second-order valence-corrected chi connectivity index (χ2v) is 12.2. The highest BCUT2D eigenvalue weighted by Gasteiger charge is 2.60. The molecular formula is C29H32ClN7. The van der Waals surface area contributed by atoms with Gasteiger partial charge in [-0.25, -0.2) is 0 Å². The molecule has 4 aliphatic rings. The van der Waals surface area contributed by atoms with Crippen molar-refractivity contribution in [2.24, 2.45) is 11.3 Å². The number of hydrogen-bond donors (Lipinski definition) is 4. The van der Waals surface area contributed by atoms with Crippen LogP contribution in [-0.4, -0.2) is 22.1 Å². The Labute approximate surface area is 222 Å². The Kier molecular flexibility index (Phi) is 5.70. The van der Waals surface area contributed by atoms with Crippen LogP contribution >= 0.6 is 11.6 Å². The SMILES string of the molecule is CC(C)(C)CNc1c(C#N)cnc2c(Cl)cc(N[C@H](C3=CN(C45CC(C4)C5)NN3)c3ccccc3)cc12. The number of nitrogens with one attached hydrogen (secondary N) is 4. The summed E-state index contributed by atoms with van der Waals surface area (Å²) in [7, 11) is 0. The lowest BCUT2D eigenvalue weighted by Crippen LogP contribution is -2.69. The van der Waals surface area contributed by atoms with Gasteiger partial charge in [-0.05, 0) is 48.3 Å². The third-order valence-corrected chi connectivity index (χ3v) is 7.99. The molecule has 190 valence electrons. The first kappa shape index (κ1) is 23.9. The van der Waals surface area contributed by atoms with Gasteiger partial charge in [-0.15, -0.1) is 5.53 Å². The minimum atomic E-state index is -0.127. The van der Waals surface area contributed by atoms with E-state index in [1.54, 1.807) is 6.20 Å². The van der Waals surface area contributed by atoms with Gasteiger partial charge in [-0.1, -0.05) is 62.7 Å². The third-order valence-electron chi connectivity index (χ3n) is 7.70. The van der Waals surface area contributed by atoms with E-state index in [1.807, 2.05) is 18.2 Å². The fraction of sp³-hybridized carbons (Fsp3) is 0.379. The van der Waals surface area contributed by atoms with Crippen molar-refractivity contribution < 1.29 is 0 Å². The van der Waals surface area contributed by atoms with Crippen molar-refractivity contribution >= 4 is 33.9 Å². The maximum atomic E-state index is 9.80. The van der Waals surface area contributed by atoms with E-state index in [0.29, 0.717) is 22.6 Å². The number of halogens is 1. The van der Waals surface area contributed by atoms with Crippen molar-refractivity contribution in [3.63, 3.8) is 0 Å². The van der Waals surface area contributed by atoms with Gasteiger partial charge in [0.05, 0.1) is 39.1 Å². The zero-order valence-corrected chi connectivity index (χ0v) is 22.2. The lowest BCUT2D eigenvalue weighted by molar-refractivity contribution is -0.141. The van der Waals surface area contributed by atoms with Gasteiger partial charge in [0.15, 0.2) is 0 Å². The lowest BCUT2D eigenvalue weighted by atomic mass is 9.49. The Morgan fingerprint density at radius 2 is 1.97 bits per heavy atom. The average molecular weight is 514 g/mol. The lowest BCUT2D eigenvalue weighted by Gasteiger charge is -2.64. The van der Waals surface area contributed by atoms with E-state index in [2.05, 4.69) is 88.9 Å². The predicted octanol–water partition coefficient (Wildman–Crippen LogP) is 6.09. The van der Waals surface area contributed by atoms with Crippen molar-refractivity contribution in [2.45, 2.75) is 51.6 Å². The Balaban J connectivity index is 1.37. The van der Waals surface area contributed by atoms with Crippen LogP contribution in [0.3, 0.4) is 0 Å². The van der Waals surface area contributed by atoms with Crippen molar-refractivity contribution in [2.75, 3.05) is 17.2 Å². The topological polar surface area (TPSA) is 88.0 Å². The fourth-order valence-electron chi connectivity index (χ4n) is 5.58. The molecule has 1 aliphatic heterocycles. The number of aromatic nitrogens is 1. The number of rotatable bonds is 7. The number of anilines is 2. The van der Waals surface area contributed by atoms with Crippen LogP contribution in [0.5, 0.6) is 0 Å². The van der Waals surface area contributed by atoms with Crippen molar-refractivity contribution in [3.8, 4) is 6.07 Å². The van der Waals surface area contributed by atoms with Gasteiger partial charge < -0.3 is 16.1 Å². The smallest absolute Gasteiger partial charge is 0.103 e. The molecule has 1 aromatic heterocycles. The van der Waals surface area contributed by atoms with Crippen LogP contribution in [0.2, 0.25) is 5.02 Å². The van der Waals surface area contributed by atoms with Crippen LogP contribution in [0.1, 0.15) is 57.2 Å². The summed E-state index contributed by atoms with van der Waals surface area (Å²) >= 11 is 6.76. The number of nitrogens with zero attached hydrogens (tertiary/aromatic N) is 3. The summed E-state index contributed by atoms with van der Waals surface area (Å²) in [6.45, 7) is 7.19. The molecule has 2 bridgehead atoms. The molecule has 0 saturated heterocycles. The van der Waals surface area contributed by atoms with Gasteiger partial charge in [-0.2, -0.15) is 5.26 Å². The van der Waals surface area contributed by atoms with E-state index in [1.165, 1.54) is 19.3 Å². The summed E-state index contributed by atoms with van der Waals surface area (Å²) in [6, 6.07) is 16.5. The fourth-order valence-corrected chi connectivity index (χ4v) is 5.85. The number of nitriles is 1. The van der Waals surface area contributed by atoms with Crippen LogP contribution in [0.15, 0.2) is 60.6 Å². The first-order chi connectivity index (χ1) is 17.7. The third kappa shape index (κ3) is 4.35. The number of benzene rings is 2. The highest BCUT2D eigenvalue weighted by atomic mass is 35.5.